The first-order chi connectivity index (χ1) is 10.2. The van der Waals surface area contributed by atoms with Crippen LogP contribution in [0.2, 0.25) is 0 Å². The van der Waals surface area contributed by atoms with Crippen LogP contribution in [-0.4, -0.2) is 12.8 Å². The van der Waals surface area contributed by atoms with Crippen molar-refractivity contribution in [1.82, 2.24) is 0 Å². The fourth-order valence-electron chi connectivity index (χ4n) is 1.66. The topological polar surface area (TPSA) is 33.6 Å². The monoisotopic (exact) mass is 408 g/mol. The third-order valence-corrected chi connectivity index (χ3v) is 3.60. The minimum absolute atomic E-state index is 0.438. The largest absolute Gasteiger partial charge is 0.488 e. The Morgan fingerprint density at radius 1 is 1.19 bits per heavy atom. The van der Waals surface area contributed by atoms with Crippen LogP contribution in [0, 0.1) is 0 Å². The van der Waals surface area contributed by atoms with Gasteiger partial charge in [0, 0.05) is 10.0 Å². The highest BCUT2D eigenvalue weighted by Gasteiger charge is 2.08. The SMILES string of the molecule is C=CCOc1c(Br)cc(Br)cc1/C=N\Nc1ccccc1. The van der Waals surface area contributed by atoms with E-state index in [-0.39, 0.29) is 0 Å². The fourth-order valence-corrected chi connectivity index (χ4v) is 3.03. The van der Waals surface area contributed by atoms with Gasteiger partial charge in [0.05, 0.1) is 16.4 Å². The molecular formula is C16H14Br2N2O. The van der Waals surface area contributed by atoms with Gasteiger partial charge < -0.3 is 4.74 Å². The molecule has 2 aromatic carbocycles. The van der Waals surface area contributed by atoms with Gasteiger partial charge in [0.1, 0.15) is 12.4 Å². The molecule has 0 bridgehead atoms. The Kier molecular flexibility index (Phi) is 6.02. The molecule has 3 nitrogen and oxygen atoms in total. The van der Waals surface area contributed by atoms with Crippen LogP contribution in [-0.2, 0) is 0 Å². The van der Waals surface area contributed by atoms with Crippen LogP contribution in [0.25, 0.3) is 0 Å². The average molecular weight is 410 g/mol. The summed E-state index contributed by atoms with van der Waals surface area (Å²) in [5, 5.41) is 4.24. The summed E-state index contributed by atoms with van der Waals surface area (Å²) in [5.74, 6) is 0.733. The van der Waals surface area contributed by atoms with Crippen molar-refractivity contribution in [3.8, 4) is 5.75 Å². The van der Waals surface area contributed by atoms with E-state index in [0.29, 0.717) is 6.61 Å². The van der Waals surface area contributed by atoms with Gasteiger partial charge in [-0.05, 0) is 40.2 Å². The van der Waals surface area contributed by atoms with Gasteiger partial charge in [-0.3, -0.25) is 5.43 Å². The molecule has 1 N–H and O–H groups in total. The smallest absolute Gasteiger partial charge is 0.142 e. The summed E-state index contributed by atoms with van der Waals surface area (Å²) in [4.78, 5) is 0. The van der Waals surface area contributed by atoms with Gasteiger partial charge in [0.15, 0.2) is 0 Å². The highest BCUT2D eigenvalue weighted by atomic mass is 79.9. The van der Waals surface area contributed by atoms with Crippen LogP contribution < -0.4 is 10.2 Å². The van der Waals surface area contributed by atoms with Crippen molar-refractivity contribution in [2.45, 2.75) is 0 Å². The number of halogens is 2. The van der Waals surface area contributed by atoms with E-state index < -0.39 is 0 Å². The van der Waals surface area contributed by atoms with Crippen molar-refractivity contribution in [2.24, 2.45) is 5.10 Å². The molecule has 0 radical (unpaired) electrons. The molecule has 0 saturated heterocycles. The minimum atomic E-state index is 0.438. The number of rotatable bonds is 6. The van der Waals surface area contributed by atoms with E-state index in [1.807, 2.05) is 42.5 Å². The molecule has 2 aromatic rings. The molecule has 0 aliphatic heterocycles. The molecule has 2 rings (SSSR count). The lowest BCUT2D eigenvalue weighted by atomic mass is 10.2. The van der Waals surface area contributed by atoms with E-state index in [4.69, 9.17) is 4.74 Å². The number of hydrazone groups is 1. The standard InChI is InChI=1S/C16H14Br2N2O/c1-2-8-21-16-12(9-13(17)10-15(16)18)11-19-20-14-6-4-3-5-7-14/h2-7,9-11,20H,1,8H2/b19-11-. The molecule has 5 heteroatoms. The van der Waals surface area contributed by atoms with Crippen molar-refractivity contribution in [1.29, 1.82) is 0 Å². The molecule has 0 atom stereocenters. The van der Waals surface area contributed by atoms with Crippen LogP contribution >= 0.6 is 31.9 Å². The highest BCUT2D eigenvalue weighted by Crippen LogP contribution is 2.32. The Labute approximate surface area is 141 Å². The number of benzene rings is 2. The summed E-state index contributed by atoms with van der Waals surface area (Å²) in [7, 11) is 0. The zero-order valence-corrected chi connectivity index (χ0v) is 14.4. The van der Waals surface area contributed by atoms with Crippen molar-refractivity contribution in [3.05, 3.63) is 69.6 Å². The van der Waals surface area contributed by atoms with Gasteiger partial charge in [0.2, 0.25) is 0 Å². The third kappa shape index (κ3) is 4.72. The Hall–Kier alpha value is -1.59. The summed E-state index contributed by atoms with van der Waals surface area (Å²) >= 11 is 6.96. The number of ether oxygens (including phenoxy) is 1. The average Bonchev–Trinajstić information content (AvgIpc) is 2.47. The van der Waals surface area contributed by atoms with Gasteiger partial charge in [-0.1, -0.05) is 46.8 Å². The molecule has 0 aliphatic rings. The summed E-state index contributed by atoms with van der Waals surface area (Å²) in [6.07, 6.45) is 3.43. The number of para-hydroxylation sites is 1. The molecule has 0 heterocycles. The lowest BCUT2D eigenvalue weighted by molar-refractivity contribution is 0.360. The Morgan fingerprint density at radius 2 is 1.95 bits per heavy atom. The van der Waals surface area contributed by atoms with E-state index in [2.05, 4.69) is 49.0 Å². The molecule has 0 aromatic heterocycles. The van der Waals surface area contributed by atoms with Gasteiger partial charge in [-0.15, -0.1) is 0 Å². The normalized spacial score (nSPS) is 10.6. The van der Waals surface area contributed by atoms with Crippen LogP contribution in [0.4, 0.5) is 5.69 Å². The lowest BCUT2D eigenvalue weighted by Gasteiger charge is -2.10. The number of anilines is 1. The second-order valence-electron chi connectivity index (χ2n) is 4.14. The molecular weight excluding hydrogens is 396 g/mol. The molecule has 0 amide bonds. The molecule has 0 saturated carbocycles. The number of nitrogens with one attached hydrogen (secondary N) is 1. The van der Waals surface area contributed by atoms with E-state index >= 15 is 0 Å². The van der Waals surface area contributed by atoms with E-state index in [0.717, 1.165) is 25.9 Å². The van der Waals surface area contributed by atoms with Gasteiger partial charge in [-0.25, -0.2) is 0 Å². The molecule has 0 fully saturated rings. The second kappa shape index (κ2) is 8.00. The summed E-state index contributed by atoms with van der Waals surface area (Å²) in [6, 6.07) is 13.6. The maximum Gasteiger partial charge on any atom is 0.142 e. The second-order valence-corrected chi connectivity index (χ2v) is 5.91. The first-order valence-corrected chi connectivity index (χ1v) is 7.86. The van der Waals surface area contributed by atoms with Gasteiger partial charge in [-0.2, -0.15) is 5.10 Å². The molecule has 108 valence electrons. The number of hydrogen-bond acceptors (Lipinski definition) is 3. The van der Waals surface area contributed by atoms with E-state index in [9.17, 15) is 0 Å². The maximum atomic E-state index is 5.67. The third-order valence-electron chi connectivity index (χ3n) is 2.55. The summed E-state index contributed by atoms with van der Waals surface area (Å²) in [6.45, 7) is 4.10. The van der Waals surface area contributed by atoms with Crippen LogP contribution in [0.3, 0.4) is 0 Å². The molecule has 0 aliphatic carbocycles. The van der Waals surface area contributed by atoms with Gasteiger partial charge >= 0.3 is 0 Å². The zero-order valence-electron chi connectivity index (χ0n) is 11.2. The van der Waals surface area contributed by atoms with Crippen molar-refractivity contribution in [3.63, 3.8) is 0 Å². The Morgan fingerprint density at radius 3 is 2.67 bits per heavy atom. The summed E-state index contributed by atoms with van der Waals surface area (Å²) in [5.41, 5.74) is 4.77. The summed E-state index contributed by atoms with van der Waals surface area (Å²) < 4.78 is 7.48. The van der Waals surface area contributed by atoms with Crippen molar-refractivity contribution in [2.75, 3.05) is 12.0 Å². The van der Waals surface area contributed by atoms with E-state index in [1.54, 1.807) is 12.3 Å². The zero-order chi connectivity index (χ0) is 15.1. The molecule has 21 heavy (non-hydrogen) atoms. The van der Waals surface area contributed by atoms with Crippen molar-refractivity contribution >= 4 is 43.8 Å². The lowest BCUT2D eigenvalue weighted by Crippen LogP contribution is -1.99. The first-order valence-electron chi connectivity index (χ1n) is 6.27. The number of nitrogens with zero attached hydrogens (tertiary/aromatic N) is 1. The molecule has 0 spiro atoms. The number of hydrogen-bond donors (Lipinski definition) is 1. The predicted molar refractivity (Wildman–Crippen MR) is 95.2 cm³/mol. The first kappa shape index (κ1) is 15.8. The van der Waals surface area contributed by atoms with Crippen LogP contribution in [0.15, 0.2) is 69.2 Å². The maximum absolute atomic E-state index is 5.67. The van der Waals surface area contributed by atoms with E-state index in [1.165, 1.54) is 0 Å². The highest BCUT2D eigenvalue weighted by molar-refractivity contribution is 9.11. The quantitative estimate of drug-likeness (QED) is 0.403. The minimum Gasteiger partial charge on any atom is -0.488 e. The van der Waals surface area contributed by atoms with Crippen LogP contribution in [0.5, 0.6) is 5.75 Å². The fraction of sp³-hybridized carbons (Fsp3) is 0.0625. The predicted octanol–water partition coefficient (Wildman–Crippen LogP) is 5.22. The van der Waals surface area contributed by atoms with Crippen LogP contribution in [0.1, 0.15) is 5.56 Å². The molecule has 0 unspecified atom stereocenters. The Bertz CT molecular complexity index is 642. The van der Waals surface area contributed by atoms with Gasteiger partial charge in [0.25, 0.3) is 0 Å². The Balaban J connectivity index is 2.19. The van der Waals surface area contributed by atoms with Crippen molar-refractivity contribution < 1.29 is 4.74 Å².